The van der Waals surface area contributed by atoms with Crippen LogP contribution in [0.25, 0.3) is 0 Å². The maximum atomic E-state index is 12.5. The largest absolute Gasteiger partial charge is 0.496 e. The summed E-state index contributed by atoms with van der Waals surface area (Å²) in [6.45, 7) is 2.57. The molecule has 8 heteroatoms. The Hall–Kier alpha value is -2.90. The first-order valence-electron chi connectivity index (χ1n) is 7.00. The molecule has 0 spiro atoms. The molecule has 0 N–H and O–H groups in total. The predicted octanol–water partition coefficient (Wildman–Crippen LogP) is 1.88. The molecule has 0 aliphatic heterocycles. The van der Waals surface area contributed by atoms with Crippen LogP contribution in [0.1, 0.15) is 15.9 Å². The highest BCUT2D eigenvalue weighted by Gasteiger charge is 2.21. The van der Waals surface area contributed by atoms with Crippen molar-refractivity contribution >= 4 is 11.6 Å². The number of nitro benzene ring substituents is 1. The Labute approximate surface area is 133 Å². The number of amides is 1. The van der Waals surface area contributed by atoms with Gasteiger partial charge in [-0.1, -0.05) is 0 Å². The van der Waals surface area contributed by atoms with Crippen LogP contribution in [-0.4, -0.2) is 46.2 Å². The van der Waals surface area contributed by atoms with Crippen LogP contribution >= 0.6 is 0 Å². The molecular weight excluding hydrogens is 300 g/mol. The van der Waals surface area contributed by atoms with Gasteiger partial charge in [0.05, 0.1) is 29.7 Å². The Balaban J connectivity index is 2.20. The summed E-state index contributed by atoms with van der Waals surface area (Å²) in [7, 11) is 3.06. The molecule has 0 aliphatic carbocycles. The third-order valence-corrected chi connectivity index (χ3v) is 3.57. The molecule has 2 rings (SSSR count). The third kappa shape index (κ3) is 3.65. The van der Waals surface area contributed by atoms with Crippen molar-refractivity contribution in [3.8, 4) is 5.75 Å². The van der Waals surface area contributed by atoms with Crippen molar-refractivity contribution < 1.29 is 14.5 Å². The van der Waals surface area contributed by atoms with E-state index in [1.807, 2.05) is 0 Å². The lowest BCUT2D eigenvalue weighted by molar-refractivity contribution is -0.385. The minimum Gasteiger partial charge on any atom is -0.496 e. The van der Waals surface area contributed by atoms with Crippen molar-refractivity contribution in [2.75, 3.05) is 20.7 Å². The van der Waals surface area contributed by atoms with Gasteiger partial charge in [0.2, 0.25) is 0 Å². The van der Waals surface area contributed by atoms with Crippen LogP contribution < -0.4 is 4.74 Å². The Morgan fingerprint density at radius 1 is 1.48 bits per heavy atom. The highest BCUT2D eigenvalue weighted by atomic mass is 16.6. The van der Waals surface area contributed by atoms with Gasteiger partial charge in [-0.05, 0) is 19.1 Å². The zero-order chi connectivity index (χ0) is 17.0. The molecular formula is C15H18N4O4. The van der Waals surface area contributed by atoms with Crippen molar-refractivity contribution in [3.05, 3.63) is 51.8 Å². The molecule has 0 bridgehead atoms. The lowest BCUT2D eigenvalue weighted by atomic mass is 10.1. The number of ether oxygens (including phenoxy) is 1. The van der Waals surface area contributed by atoms with Gasteiger partial charge < -0.3 is 9.64 Å². The number of nitro groups is 1. The third-order valence-electron chi connectivity index (χ3n) is 3.57. The molecule has 1 aromatic carbocycles. The van der Waals surface area contributed by atoms with Gasteiger partial charge in [0.25, 0.3) is 11.6 Å². The van der Waals surface area contributed by atoms with Crippen molar-refractivity contribution in [2.24, 2.45) is 0 Å². The van der Waals surface area contributed by atoms with E-state index in [0.29, 0.717) is 24.4 Å². The van der Waals surface area contributed by atoms with E-state index >= 15 is 0 Å². The molecule has 122 valence electrons. The highest BCUT2D eigenvalue weighted by molar-refractivity contribution is 5.95. The molecule has 2 aromatic rings. The average Bonchev–Trinajstić information content (AvgIpc) is 3.05. The predicted molar refractivity (Wildman–Crippen MR) is 83.6 cm³/mol. The van der Waals surface area contributed by atoms with E-state index in [4.69, 9.17) is 4.74 Å². The minimum absolute atomic E-state index is 0.131. The summed E-state index contributed by atoms with van der Waals surface area (Å²) >= 11 is 0. The summed E-state index contributed by atoms with van der Waals surface area (Å²) in [4.78, 5) is 24.6. The fourth-order valence-electron chi connectivity index (χ4n) is 2.21. The number of methoxy groups -OCH3 is 1. The van der Waals surface area contributed by atoms with Crippen molar-refractivity contribution in [1.82, 2.24) is 14.7 Å². The Morgan fingerprint density at radius 3 is 2.78 bits per heavy atom. The standard InChI is InChI=1S/C15H18N4O4/c1-11-13(19(21)22)9-12(10-14(11)23-3)15(20)17(2)7-8-18-6-4-5-16-18/h4-6,9-10H,7-8H2,1-3H3. The Bertz CT molecular complexity index is 713. The first-order chi connectivity index (χ1) is 10.9. The summed E-state index contributed by atoms with van der Waals surface area (Å²) in [6, 6.07) is 4.61. The fourth-order valence-corrected chi connectivity index (χ4v) is 2.21. The average molecular weight is 318 g/mol. The van der Waals surface area contributed by atoms with Gasteiger partial charge in [-0.15, -0.1) is 0 Å². The minimum atomic E-state index is -0.516. The molecule has 0 saturated heterocycles. The second kappa shape index (κ2) is 6.91. The smallest absolute Gasteiger partial charge is 0.276 e. The molecule has 1 amide bonds. The normalized spacial score (nSPS) is 10.4. The fraction of sp³-hybridized carbons (Fsp3) is 0.333. The maximum absolute atomic E-state index is 12.5. The number of likely N-dealkylation sites (N-methyl/N-ethyl adjacent to an activating group) is 1. The number of carbonyl (C=O) groups is 1. The van der Waals surface area contributed by atoms with Crippen molar-refractivity contribution in [1.29, 1.82) is 0 Å². The summed E-state index contributed by atoms with van der Waals surface area (Å²) in [5, 5.41) is 15.2. The molecule has 8 nitrogen and oxygen atoms in total. The van der Waals surface area contributed by atoms with Crippen molar-refractivity contribution in [2.45, 2.75) is 13.5 Å². The number of hydrogen-bond acceptors (Lipinski definition) is 5. The topological polar surface area (TPSA) is 90.5 Å². The zero-order valence-corrected chi connectivity index (χ0v) is 13.2. The lowest BCUT2D eigenvalue weighted by Crippen LogP contribution is -2.30. The van der Waals surface area contributed by atoms with E-state index in [1.165, 1.54) is 24.1 Å². The maximum Gasteiger partial charge on any atom is 0.276 e. The molecule has 0 saturated carbocycles. The monoisotopic (exact) mass is 318 g/mol. The molecule has 0 radical (unpaired) electrons. The second-order valence-corrected chi connectivity index (χ2v) is 5.08. The summed E-state index contributed by atoms with van der Waals surface area (Å²) in [5.41, 5.74) is 0.489. The van der Waals surface area contributed by atoms with E-state index < -0.39 is 4.92 Å². The molecule has 0 unspecified atom stereocenters. The number of carbonyl (C=O) groups excluding carboxylic acids is 1. The quantitative estimate of drug-likeness (QED) is 0.599. The van der Waals surface area contributed by atoms with Crippen LogP contribution in [0.4, 0.5) is 5.69 Å². The summed E-state index contributed by atoms with van der Waals surface area (Å²) < 4.78 is 6.85. The van der Waals surface area contributed by atoms with Crippen LogP contribution in [0.3, 0.4) is 0 Å². The van der Waals surface area contributed by atoms with Gasteiger partial charge in [-0.2, -0.15) is 5.10 Å². The van der Waals surface area contributed by atoms with Crippen LogP contribution in [-0.2, 0) is 6.54 Å². The molecule has 23 heavy (non-hydrogen) atoms. The zero-order valence-electron chi connectivity index (χ0n) is 13.2. The number of benzene rings is 1. The van der Waals surface area contributed by atoms with Gasteiger partial charge in [0, 0.05) is 32.1 Å². The number of rotatable bonds is 6. The molecule has 1 heterocycles. The first-order valence-corrected chi connectivity index (χ1v) is 7.00. The van der Waals surface area contributed by atoms with Gasteiger partial charge in [-0.25, -0.2) is 0 Å². The Morgan fingerprint density at radius 2 is 2.22 bits per heavy atom. The van der Waals surface area contributed by atoms with E-state index in [0.717, 1.165) is 0 Å². The highest BCUT2D eigenvalue weighted by Crippen LogP contribution is 2.29. The number of hydrogen-bond donors (Lipinski definition) is 0. The van der Waals surface area contributed by atoms with E-state index in [9.17, 15) is 14.9 Å². The molecule has 0 fully saturated rings. The van der Waals surface area contributed by atoms with E-state index in [2.05, 4.69) is 5.10 Å². The summed E-state index contributed by atoms with van der Waals surface area (Å²) in [6.07, 6.45) is 3.47. The lowest BCUT2D eigenvalue weighted by Gasteiger charge is -2.18. The SMILES string of the molecule is COc1cc(C(=O)N(C)CCn2cccn2)cc([N+](=O)[O-])c1C. The van der Waals surface area contributed by atoms with Gasteiger partial charge in [0.15, 0.2) is 0 Å². The summed E-state index contributed by atoms with van der Waals surface area (Å²) in [5.74, 6) is 0.0154. The van der Waals surface area contributed by atoms with Crippen molar-refractivity contribution in [3.63, 3.8) is 0 Å². The Kier molecular flexibility index (Phi) is 4.95. The van der Waals surface area contributed by atoms with Crippen LogP contribution in [0.15, 0.2) is 30.6 Å². The van der Waals surface area contributed by atoms with Crippen LogP contribution in [0, 0.1) is 17.0 Å². The number of nitrogens with zero attached hydrogens (tertiary/aromatic N) is 4. The van der Waals surface area contributed by atoms with Gasteiger partial charge in [-0.3, -0.25) is 19.6 Å². The number of aromatic nitrogens is 2. The van der Waals surface area contributed by atoms with E-state index in [1.54, 1.807) is 37.1 Å². The molecule has 0 atom stereocenters. The van der Waals surface area contributed by atoms with Crippen LogP contribution in [0.2, 0.25) is 0 Å². The van der Waals surface area contributed by atoms with Gasteiger partial charge >= 0.3 is 0 Å². The van der Waals surface area contributed by atoms with Crippen LogP contribution in [0.5, 0.6) is 5.75 Å². The first kappa shape index (κ1) is 16.5. The van der Waals surface area contributed by atoms with Gasteiger partial charge in [0.1, 0.15) is 5.75 Å². The molecule has 0 aliphatic rings. The molecule has 1 aromatic heterocycles. The second-order valence-electron chi connectivity index (χ2n) is 5.08. The van der Waals surface area contributed by atoms with E-state index in [-0.39, 0.29) is 17.2 Å².